The molecule has 0 heterocycles. The van der Waals surface area contributed by atoms with Crippen molar-refractivity contribution in [2.24, 2.45) is 5.92 Å². The van der Waals surface area contributed by atoms with Crippen molar-refractivity contribution in [3.8, 4) is 0 Å². The Morgan fingerprint density at radius 1 is 1.64 bits per heavy atom. The molecule has 1 N–H and O–H groups in total. The van der Waals surface area contributed by atoms with Gasteiger partial charge < -0.3 is 5.11 Å². The molecule has 0 aliphatic carbocycles. The third kappa shape index (κ3) is 3.21. The van der Waals surface area contributed by atoms with Crippen LogP contribution in [0.4, 0.5) is 0 Å². The van der Waals surface area contributed by atoms with Crippen molar-refractivity contribution in [2.45, 2.75) is 33.6 Å². The second-order valence-electron chi connectivity index (χ2n) is 2.67. The van der Waals surface area contributed by atoms with Gasteiger partial charge >= 0.3 is 5.97 Å². The lowest BCUT2D eigenvalue weighted by atomic mass is 9.97. The molecule has 0 rings (SSSR count). The number of hydrogen-bond donors (Lipinski definition) is 1. The minimum absolute atomic E-state index is 0.319. The van der Waals surface area contributed by atoms with E-state index in [1.54, 1.807) is 6.92 Å². The Kier molecular flexibility index (Phi) is 4.59. The third-order valence-corrected chi connectivity index (χ3v) is 1.84. The molecule has 0 bridgehead atoms. The monoisotopic (exact) mass is 156 g/mol. The standard InChI is InChI=1S/C9H16O2/c1-4-6-8(5-2)7(3)9(10)11/h5,7H,4,6H2,1-3H3,(H,10,11). The molecule has 0 aromatic carbocycles. The molecule has 0 radical (unpaired) electrons. The molecule has 1 atom stereocenters. The highest BCUT2D eigenvalue weighted by atomic mass is 16.4. The lowest BCUT2D eigenvalue weighted by molar-refractivity contribution is -0.139. The smallest absolute Gasteiger partial charge is 0.310 e. The van der Waals surface area contributed by atoms with Crippen LogP contribution in [0.25, 0.3) is 0 Å². The van der Waals surface area contributed by atoms with Crippen LogP contribution in [0.1, 0.15) is 33.6 Å². The summed E-state index contributed by atoms with van der Waals surface area (Å²) in [5, 5.41) is 8.67. The first-order valence-corrected chi connectivity index (χ1v) is 4.01. The molecule has 0 aliphatic rings. The fourth-order valence-electron chi connectivity index (χ4n) is 1.06. The predicted octanol–water partition coefficient (Wildman–Crippen LogP) is 2.45. The summed E-state index contributed by atoms with van der Waals surface area (Å²) in [5.74, 6) is -1.05. The van der Waals surface area contributed by atoms with Crippen LogP contribution in [-0.2, 0) is 4.79 Å². The van der Waals surface area contributed by atoms with E-state index in [1.165, 1.54) is 0 Å². The number of carbonyl (C=O) groups is 1. The van der Waals surface area contributed by atoms with Crippen LogP contribution in [0.3, 0.4) is 0 Å². The van der Waals surface area contributed by atoms with Crippen LogP contribution in [-0.4, -0.2) is 11.1 Å². The molecule has 0 spiro atoms. The number of allylic oxidation sites excluding steroid dienone is 1. The Morgan fingerprint density at radius 2 is 2.18 bits per heavy atom. The van der Waals surface area contributed by atoms with Gasteiger partial charge in [0.2, 0.25) is 0 Å². The van der Waals surface area contributed by atoms with Gasteiger partial charge in [0.15, 0.2) is 0 Å². The molecule has 0 saturated carbocycles. The normalized spacial score (nSPS) is 14.6. The van der Waals surface area contributed by atoms with Gasteiger partial charge in [-0.1, -0.05) is 25.0 Å². The predicted molar refractivity (Wildman–Crippen MR) is 45.5 cm³/mol. The van der Waals surface area contributed by atoms with E-state index in [0.29, 0.717) is 0 Å². The zero-order valence-electron chi connectivity index (χ0n) is 7.42. The molecule has 0 amide bonds. The van der Waals surface area contributed by atoms with Crippen molar-refractivity contribution in [3.05, 3.63) is 11.6 Å². The minimum Gasteiger partial charge on any atom is -0.481 e. The highest BCUT2D eigenvalue weighted by molar-refractivity contribution is 5.73. The van der Waals surface area contributed by atoms with Gasteiger partial charge in [-0.25, -0.2) is 0 Å². The fraction of sp³-hybridized carbons (Fsp3) is 0.667. The molecular weight excluding hydrogens is 140 g/mol. The Labute approximate surface area is 67.9 Å². The van der Waals surface area contributed by atoms with E-state index in [0.717, 1.165) is 18.4 Å². The Hall–Kier alpha value is -0.790. The first-order valence-electron chi connectivity index (χ1n) is 4.01. The van der Waals surface area contributed by atoms with Crippen LogP contribution in [0.15, 0.2) is 11.6 Å². The topological polar surface area (TPSA) is 37.3 Å². The van der Waals surface area contributed by atoms with Crippen LogP contribution >= 0.6 is 0 Å². The zero-order valence-corrected chi connectivity index (χ0v) is 7.42. The van der Waals surface area contributed by atoms with E-state index in [9.17, 15) is 4.79 Å². The van der Waals surface area contributed by atoms with Crippen molar-refractivity contribution in [1.29, 1.82) is 0 Å². The van der Waals surface area contributed by atoms with Gasteiger partial charge in [-0.2, -0.15) is 0 Å². The second-order valence-corrected chi connectivity index (χ2v) is 2.67. The van der Waals surface area contributed by atoms with Gasteiger partial charge in [0.05, 0.1) is 5.92 Å². The van der Waals surface area contributed by atoms with Crippen molar-refractivity contribution in [2.75, 3.05) is 0 Å². The van der Waals surface area contributed by atoms with Crippen LogP contribution in [0.5, 0.6) is 0 Å². The van der Waals surface area contributed by atoms with Crippen LogP contribution in [0.2, 0.25) is 0 Å². The quantitative estimate of drug-likeness (QED) is 0.635. The second kappa shape index (κ2) is 4.94. The number of carboxylic acids is 1. The average Bonchev–Trinajstić information content (AvgIpc) is 1.98. The average molecular weight is 156 g/mol. The number of aliphatic carboxylic acids is 1. The van der Waals surface area contributed by atoms with Crippen molar-refractivity contribution >= 4 is 5.97 Å². The van der Waals surface area contributed by atoms with Gasteiger partial charge in [0, 0.05) is 0 Å². The molecule has 0 fully saturated rings. The van der Waals surface area contributed by atoms with Crippen molar-refractivity contribution in [1.82, 2.24) is 0 Å². The maximum absolute atomic E-state index is 10.5. The van der Waals surface area contributed by atoms with E-state index in [2.05, 4.69) is 6.92 Å². The summed E-state index contributed by atoms with van der Waals surface area (Å²) in [5.41, 5.74) is 1.03. The highest BCUT2D eigenvalue weighted by Crippen LogP contribution is 2.15. The molecule has 1 unspecified atom stereocenters. The summed E-state index contributed by atoms with van der Waals surface area (Å²) in [7, 11) is 0. The van der Waals surface area contributed by atoms with Gasteiger partial charge in [-0.05, 0) is 20.3 Å². The Bertz CT molecular complexity index is 159. The largest absolute Gasteiger partial charge is 0.481 e. The highest BCUT2D eigenvalue weighted by Gasteiger charge is 2.14. The Balaban J connectivity index is 4.15. The molecule has 2 heteroatoms. The molecule has 64 valence electrons. The van der Waals surface area contributed by atoms with Gasteiger partial charge in [0.1, 0.15) is 0 Å². The summed E-state index contributed by atoms with van der Waals surface area (Å²) in [4.78, 5) is 10.5. The maximum atomic E-state index is 10.5. The Morgan fingerprint density at radius 3 is 2.45 bits per heavy atom. The molecule has 2 nitrogen and oxygen atoms in total. The number of rotatable bonds is 4. The lowest BCUT2D eigenvalue weighted by Crippen LogP contribution is -2.11. The van der Waals surface area contributed by atoms with Gasteiger partial charge in [0.25, 0.3) is 0 Å². The summed E-state index contributed by atoms with van der Waals surface area (Å²) in [6.45, 7) is 5.68. The summed E-state index contributed by atoms with van der Waals surface area (Å²) < 4.78 is 0. The molecule has 0 aromatic rings. The molecule has 0 saturated heterocycles. The van der Waals surface area contributed by atoms with E-state index in [4.69, 9.17) is 5.11 Å². The van der Waals surface area contributed by atoms with Gasteiger partial charge in [-0.15, -0.1) is 0 Å². The molecule has 11 heavy (non-hydrogen) atoms. The van der Waals surface area contributed by atoms with E-state index >= 15 is 0 Å². The molecule has 0 aromatic heterocycles. The van der Waals surface area contributed by atoms with Crippen LogP contribution in [0, 0.1) is 5.92 Å². The minimum atomic E-state index is -0.730. The molecule has 0 aliphatic heterocycles. The summed E-state index contributed by atoms with van der Waals surface area (Å²) in [6, 6.07) is 0. The van der Waals surface area contributed by atoms with E-state index in [1.807, 2.05) is 13.0 Å². The maximum Gasteiger partial charge on any atom is 0.310 e. The zero-order chi connectivity index (χ0) is 8.85. The third-order valence-electron chi connectivity index (χ3n) is 1.84. The first kappa shape index (κ1) is 10.2. The van der Waals surface area contributed by atoms with E-state index < -0.39 is 5.97 Å². The van der Waals surface area contributed by atoms with E-state index in [-0.39, 0.29) is 5.92 Å². The van der Waals surface area contributed by atoms with Crippen molar-refractivity contribution < 1.29 is 9.90 Å². The lowest BCUT2D eigenvalue weighted by Gasteiger charge is -2.09. The number of hydrogen-bond acceptors (Lipinski definition) is 1. The SMILES string of the molecule is CC=C(CCC)C(C)C(=O)O. The van der Waals surface area contributed by atoms with Gasteiger partial charge in [-0.3, -0.25) is 4.79 Å². The van der Waals surface area contributed by atoms with Crippen LogP contribution < -0.4 is 0 Å². The first-order chi connectivity index (χ1) is 5.13. The summed E-state index contributed by atoms with van der Waals surface area (Å²) in [6.07, 6.45) is 3.81. The fourth-order valence-corrected chi connectivity index (χ4v) is 1.06. The number of carboxylic acid groups (broad SMARTS) is 1. The summed E-state index contributed by atoms with van der Waals surface area (Å²) >= 11 is 0. The molecular formula is C9H16O2. The van der Waals surface area contributed by atoms with Crippen molar-refractivity contribution in [3.63, 3.8) is 0 Å².